The quantitative estimate of drug-likeness (QED) is 0.252. The van der Waals surface area contributed by atoms with E-state index in [0.29, 0.717) is 12.0 Å². The number of nitrogens with two attached hydrogens (primary N) is 1. The van der Waals surface area contributed by atoms with Gasteiger partial charge in [0, 0.05) is 6.42 Å². The summed E-state index contributed by atoms with van der Waals surface area (Å²) in [5.41, 5.74) is 6.65. The number of ether oxygens (including phenoxy) is 4. The minimum Gasteiger partial charge on any atom is -0.461 e. The second-order valence-electron chi connectivity index (χ2n) is 10.5. The highest BCUT2D eigenvalue weighted by Gasteiger charge is 2.25. The largest absolute Gasteiger partial charge is 0.461 e. The number of esters is 4. The first-order valence-electron chi connectivity index (χ1n) is 13.4. The molecule has 0 bridgehead atoms. The average Bonchev–Trinajstić information content (AvgIpc) is 2.85. The molecule has 9 heteroatoms. The predicted octanol–water partition coefficient (Wildman–Crippen LogP) is 4.62. The molecule has 0 aliphatic heterocycles. The molecular weight excluding hydrogens is 490 g/mol. The van der Waals surface area contributed by atoms with Crippen LogP contribution in [-0.4, -0.2) is 42.6 Å². The van der Waals surface area contributed by atoms with Crippen LogP contribution in [-0.2, 0) is 35.1 Å². The van der Waals surface area contributed by atoms with Crippen LogP contribution in [0.15, 0.2) is 18.2 Å². The molecule has 0 heterocycles. The Labute approximate surface area is 226 Å². The number of hydrogen-bond donors (Lipinski definition) is 1. The summed E-state index contributed by atoms with van der Waals surface area (Å²) in [5, 5.41) is 0. The Morgan fingerprint density at radius 3 is 1.89 bits per heavy atom. The van der Waals surface area contributed by atoms with E-state index in [9.17, 15) is 19.2 Å². The molecule has 214 valence electrons. The van der Waals surface area contributed by atoms with Gasteiger partial charge in [0.15, 0.2) is 11.5 Å². The van der Waals surface area contributed by atoms with Crippen LogP contribution in [0.2, 0.25) is 0 Å². The zero-order valence-electron chi connectivity index (χ0n) is 24.1. The standard InChI is InChI=1S/C29H45NO8/c1-9-10-11-26(31)36-19(6)16-35-29(34)23(30)14-22-12-13-24(37-27(32)20(7)17(2)3)25(15-22)38-28(33)21(8)18(4)5/h12-13,15,17-21,23H,9-11,14,16,30H2,1-8H3/t19-,20?,21?,23-/m0/s1. The summed E-state index contributed by atoms with van der Waals surface area (Å²) in [5.74, 6) is -2.31. The van der Waals surface area contributed by atoms with Gasteiger partial charge in [0.1, 0.15) is 18.8 Å². The van der Waals surface area contributed by atoms with E-state index < -0.39 is 30.1 Å². The fourth-order valence-corrected chi connectivity index (χ4v) is 3.07. The monoisotopic (exact) mass is 535 g/mol. The van der Waals surface area contributed by atoms with Crippen molar-refractivity contribution in [2.75, 3.05) is 6.61 Å². The van der Waals surface area contributed by atoms with Gasteiger partial charge in [0.2, 0.25) is 0 Å². The molecule has 2 N–H and O–H groups in total. The van der Waals surface area contributed by atoms with Crippen molar-refractivity contribution in [2.24, 2.45) is 29.4 Å². The molecule has 1 aromatic rings. The van der Waals surface area contributed by atoms with E-state index in [1.807, 2.05) is 34.6 Å². The molecule has 9 nitrogen and oxygen atoms in total. The third-order valence-electron chi connectivity index (χ3n) is 6.46. The van der Waals surface area contributed by atoms with Gasteiger partial charge in [-0.1, -0.05) is 61.0 Å². The Balaban J connectivity index is 2.94. The number of benzene rings is 1. The number of rotatable bonds is 15. The van der Waals surface area contributed by atoms with Crippen LogP contribution in [0.4, 0.5) is 0 Å². The Morgan fingerprint density at radius 2 is 1.37 bits per heavy atom. The van der Waals surface area contributed by atoms with Crippen LogP contribution < -0.4 is 15.2 Å². The van der Waals surface area contributed by atoms with Gasteiger partial charge in [-0.05, 0) is 49.3 Å². The molecule has 0 saturated heterocycles. The molecule has 0 aliphatic rings. The molecule has 0 radical (unpaired) electrons. The average molecular weight is 536 g/mol. The minimum absolute atomic E-state index is 0.0501. The predicted molar refractivity (Wildman–Crippen MR) is 143 cm³/mol. The summed E-state index contributed by atoms with van der Waals surface area (Å²) < 4.78 is 21.6. The zero-order chi connectivity index (χ0) is 29.0. The van der Waals surface area contributed by atoms with Crippen LogP contribution in [0.1, 0.15) is 80.2 Å². The lowest BCUT2D eigenvalue weighted by Crippen LogP contribution is -2.36. The van der Waals surface area contributed by atoms with E-state index in [1.54, 1.807) is 32.9 Å². The van der Waals surface area contributed by atoms with Crippen molar-refractivity contribution in [3.05, 3.63) is 23.8 Å². The van der Waals surface area contributed by atoms with Crippen molar-refractivity contribution >= 4 is 23.9 Å². The summed E-state index contributed by atoms with van der Waals surface area (Å²) in [7, 11) is 0. The highest BCUT2D eigenvalue weighted by molar-refractivity contribution is 5.79. The van der Waals surface area contributed by atoms with Gasteiger partial charge in [-0.2, -0.15) is 0 Å². The van der Waals surface area contributed by atoms with Crippen molar-refractivity contribution in [3.8, 4) is 11.5 Å². The second-order valence-corrected chi connectivity index (χ2v) is 10.5. The third kappa shape index (κ3) is 11.2. The normalized spacial score (nSPS) is 14.4. The second kappa shape index (κ2) is 16.1. The van der Waals surface area contributed by atoms with Crippen molar-refractivity contribution in [1.82, 2.24) is 0 Å². The topological polar surface area (TPSA) is 131 Å². The Hall–Kier alpha value is -2.94. The van der Waals surface area contributed by atoms with Crippen molar-refractivity contribution in [2.45, 2.75) is 93.2 Å². The molecule has 0 spiro atoms. The fraction of sp³-hybridized carbons (Fsp3) is 0.655. The molecule has 0 saturated carbocycles. The fourth-order valence-electron chi connectivity index (χ4n) is 3.07. The number of hydrogen-bond acceptors (Lipinski definition) is 9. The molecule has 0 aromatic heterocycles. The van der Waals surface area contributed by atoms with E-state index in [0.717, 1.165) is 12.8 Å². The first kappa shape index (κ1) is 33.1. The van der Waals surface area contributed by atoms with E-state index in [-0.39, 0.29) is 54.2 Å². The van der Waals surface area contributed by atoms with Crippen LogP contribution in [0.25, 0.3) is 0 Å². The van der Waals surface area contributed by atoms with Crippen molar-refractivity contribution < 1.29 is 38.1 Å². The molecular formula is C29H45NO8. The van der Waals surface area contributed by atoms with Gasteiger partial charge in [-0.15, -0.1) is 0 Å². The van der Waals surface area contributed by atoms with Gasteiger partial charge in [-0.3, -0.25) is 19.2 Å². The Bertz CT molecular complexity index is 943. The van der Waals surface area contributed by atoms with E-state index in [2.05, 4.69) is 0 Å². The first-order chi connectivity index (χ1) is 17.8. The van der Waals surface area contributed by atoms with Crippen molar-refractivity contribution in [1.29, 1.82) is 0 Å². The molecule has 0 aliphatic carbocycles. The maximum absolute atomic E-state index is 12.7. The minimum atomic E-state index is -1.01. The Kier molecular flexibility index (Phi) is 14.0. The lowest BCUT2D eigenvalue weighted by Gasteiger charge is -2.19. The van der Waals surface area contributed by atoms with E-state index in [1.165, 1.54) is 6.07 Å². The maximum Gasteiger partial charge on any atom is 0.323 e. The molecule has 0 amide bonds. The molecule has 2 unspecified atom stereocenters. The zero-order valence-corrected chi connectivity index (χ0v) is 24.1. The molecule has 4 atom stereocenters. The highest BCUT2D eigenvalue weighted by atomic mass is 16.6. The molecule has 1 aromatic carbocycles. The first-order valence-corrected chi connectivity index (χ1v) is 13.4. The Morgan fingerprint density at radius 1 is 0.816 bits per heavy atom. The lowest BCUT2D eigenvalue weighted by atomic mass is 9.98. The van der Waals surface area contributed by atoms with Gasteiger partial charge >= 0.3 is 23.9 Å². The SMILES string of the molecule is CCCCC(=O)O[C@@H](C)COC(=O)[C@@H](N)Cc1ccc(OC(=O)C(C)C(C)C)c(OC(=O)C(C)C(C)C)c1. The van der Waals surface area contributed by atoms with E-state index in [4.69, 9.17) is 24.7 Å². The van der Waals surface area contributed by atoms with Crippen LogP contribution >= 0.6 is 0 Å². The van der Waals surface area contributed by atoms with Crippen molar-refractivity contribution in [3.63, 3.8) is 0 Å². The highest BCUT2D eigenvalue weighted by Crippen LogP contribution is 2.31. The third-order valence-corrected chi connectivity index (χ3v) is 6.46. The summed E-state index contributed by atoms with van der Waals surface area (Å²) in [6, 6.07) is 3.71. The maximum atomic E-state index is 12.7. The smallest absolute Gasteiger partial charge is 0.323 e. The summed E-state index contributed by atoms with van der Waals surface area (Å²) in [6.07, 6.45) is 1.43. The summed E-state index contributed by atoms with van der Waals surface area (Å²) in [4.78, 5) is 49.4. The van der Waals surface area contributed by atoms with Gasteiger partial charge in [-0.25, -0.2) is 0 Å². The van der Waals surface area contributed by atoms with Crippen LogP contribution in [0, 0.1) is 23.7 Å². The molecule has 0 fully saturated rings. The van der Waals surface area contributed by atoms with Crippen LogP contribution in [0.3, 0.4) is 0 Å². The summed E-state index contributed by atoms with van der Waals surface area (Å²) in [6.45, 7) is 14.7. The number of unbranched alkanes of at least 4 members (excludes halogenated alkanes) is 1. The molecule has 1 rings (SSSR count). The molecule has 38 heavy (non-hydrogen) atoms. The van der Waals surface area contributed by atoms with Crippen LogP contribution in [0.5, 0.6) is 11.5 Å². The lowest BCUT2D eigenvalue weighted by molar-refractivity contribution is -0.158. The van der Waals surface area contributed by atoms with Gasteiger partial charge in [0.25, 0.3) is 0 Å². The number of carbonyl (C=O) groups excluding carboxylic acids is 4. The summed E-state index contributed by atoms with van der Waals surface area (Å²) >= 11 is 0. The van der Waals surface area contributed by atoms with Gasteiger partial charge < -0.3 is 24.7 Å². The number of carbonyl (C=O) groups is 4. The van der Waals surface area contributed by atoms with Gasteiger partial charge in [0.05, 0.1) is 11.8 Å². The van der Waals surface area contributed by atoms with E-state index >= 15 is 0 Å².